The van der Waals surface area contributed by atoms with Crippen LogP contribution in [0.3, 0.4) is 0 Å². The number of fused-ring (bicyclic) bond motifs is 1. The van der Waals surface area contributed by atoms with Gasteiger partial charge in [-0.1, -0.05) is 11.6 Å². The van der Waals surface area contributed by atoms with Crippen molar-refractivity contribution in [2.45, 2.75) is 25.8 Å². The third kappa shape index (κ3) is 4.52. The van der Waals surface area contributed by atoms with Crippen LogP contribution in [0.4, 0.5) is 0 Å². The molecule has 0 atom stereocenters. The highest BCUT2D eigenvalue weighted by molar-refractivity contribution is 6.31. The molecule has 0 fully saturated rings. The summed E-state index contributed by atoms with van der Waals surface area (Å²) in [6.45, 7) is 1.74. The van der Waals surface area contributed by atoms with Crippen LogP contribution in [0.5, 0.6) is 0 Å². The molecule has 2 N–H and O–H groups in total. The first-order valence-electron chi connectivity index (χ1n) is 7.08. The van der Waals surface area contributed by atoms with Crippen molar-refractivity contribution in [3.63, 3.8) is 0 Å². The monoisotopic (exact) mass is 309 g/mol. The summed E-state index contributed by atoms with van der Waals surface area (Å²) >= 11 is 5.89. The highest BCUT2D eigenvalue weighted by Gasteiger charge is 2.07. The van der Waals surface area contributed by atoms with Gasteiger partial charge in [0.2, 0.25) is 0 Å². The second kappa shape index (κ2) is 7.54. The predicted molar refractivity (Wildman–Crippen MR) is 84.6 cm³/mol. The zero-order valence-electron chi connectivity index (χ0n) is 12.1. The number of rotatable bonds is 7. The molecule has 1 heterocycles. The SMILES string of the molecule is CN(CCCCCO)Cc1nc2ccc(Cl)cc2c(=O)[nH]1. The Morgan fingerprint density at radius 1 is 1.33 bits per heavy atom. The van der Waals surface area contributed by atoms with E-state index in [1.807, 2.05) is 7.05 Å². The van der Waals surface area contributed by atoms with Crippen molar-refractivity contribution in [2.24, 2.45) is 0 Å². The highest BCUT2D eigenvalue weighted by Crippen LogP contribution is 2.14. The molecular formula is C15H20ClN3O2. The van der Waals surface area contributed by atoms with E-state index in [1.54, 1.807) is 18.2 Å². The van der Waals surface area contributed by atoms with Gasteiger partial charge in [-0.15, -0.1) is 0 Å². The third-order valence-electron chi connectivity index (χ3n) is 3.33. The third-order valence-corrected chi connectivity index (χ3v) is 3.57. The van der Waals surface area contributed by atoms with E-state index in [4.69, 9.17) is 16.7 Å². The number of H-pyrrole nitrogens is 1. The maximum absolute atomic E-state index is 12.0. The maximum atomic E-state index is 12.0. The second-order valence-electron chi connectivity index (χ2n) is 5.20. The van der Waals surface area contributed by atoms with Gasteiger partial charge in [-0.25, -0.2) is 4.98 Å². The van der Waals surface area contributed by atoms with Gasteiger partial charge in [-0.3, -0.25) is 9.69 Å². The number of aromatic nitrogens is 2. The Kier molecular flexibility index (Phi) is 5.73. The molecule has 0 radical (unpaired) electrons. The summed E-state index contributed by atoms with van der Waals surface area (Å²) in [6, 6.07) is 5.13. The van der Waals surface area contributed by atoms with Crippen LogP contribution in [0, 0.1) is 0 Å². The van der Waals surface area contributed by atoms with E-state index >= 15 is 0 Å². The van der Waals surface area contributed by atoms with Crippen LogP contribution >= 0.6 is 11.6 Å². The van der Waals surface area contributed by atoms with Gasteiger partial charge in [0.15, 0.2) is 0 Å². The molecule has 0 saturated heterocycles. The lowest BCUT2D eigenvalue weighted by molar-refractivity contribution is 0.269. The molecule has 1 aromatic heterocycles. The van der Waals surface area contributed by atoms with E-state index in [2.05, 4.69) is 14.9 Å². The summed E-state index contributed by atoms with van der Waals surface area (Å²) in [6.07, 6.45) is 2.85. The Morgan fingerprint density at radius 3 is 2.90 bits per heavy atom. The quantitative estimate of drug-likeness (QED) is 0.769. The number of aromatic amines is 1. The minimum absolute atomic E-state index is 0.161. The van der Waals surface area contributed by atoms with Crippen molar-refractivity contribution in [3.8, 4) is 0 Å². The van der Waals surface area contributed by atoms with E-state index in [0.717, 1.165) is 25.8 Å². The molecule has 2 aromatic rings. The predicted octanol–water partition coefficient (Wildman–Crippen LogP) is 2.17. The average Bonchev–Trinajstić information content (AvgIpc) is 2.44. The Balaban J connectivity index is 2.05. The lowest BCUT2D eigenvalue weighted by Crippen LogP contribution is -2.23. The van der Waals surface area contributed by atoms with Crippen molar-refractivity contribution >= 4 is 22.5 Å². The number of hydrogen-bond acceptors (Lipinski definition) is 4. The molecular weight excluding hydrogens is 290 g/mol. The average molecular weight is 310 g/mol. The molecule has 0 unspecified atom stereocenters. The molecule has 0 aliphatic carbocycles. The number of aliphatic hydroxyl groups excluding tert-OH is 1. The molecule has 21 heavy (non-hydrogen) atoms. The Labute approximate surface area is 128 Å². The molecule has 0 bridgehead atoms. The Hall–Kier alpha value is -1.43. The zero-order valence-corrected chi connectivity index (χ0v) is 12.9. The molecule has 2 rings (SSSR count). The molecule has 0 amide bonds. The fourth-order valence-electron chi connectivity index (χ4n) is 2.24. The van der Waals surface area contributed by atoms with Gasteiger partial charge in [0.05, 0.1) is 17.4 Å². The molecule has 5 nitrogen and oxygen atoms in total. The van der Waals surface area contributed by atoms with Crippen molar-refractivity contribution in [2.75, 3.05) is 20.2 Å². The van der Waals surface area contributed by atoms with Crippen LogP contribution in [-0.4, -0.2) is 40.2 Å². The van der Waals surface area contributed by atoms with Gasteiger partial charge < -0.3 is 10.1 Å². The largest absolute Gasteiger partial charge is 0.396 e. The van der Waals surface area contributed by atoms with Gasteiger partial charge in [0.25, 0.3) is 5.56 Å². The number of benzene rings is 1. The number of unbranched alkanes of at least 4 members (excludes halogenated alkanes) is 2. The minimum Gasteiger partial charge on any atom is -0.396 e. The summed E-state index contributed by atoms with van der Waals surface area (Å²) in [4.78, 5) is 21.4. The molecule has 1 aromatic carbocycles. The summed E-state index contributed by atoms with van der Waals surface area (Å²) in [5.41, 5.74) is 0.498. The molecule has 0 aliphatic rings. The van der Waals surface area contributed by atoms with Crippen LogP contribution in [0.1, 0.15) is 25.1 Å². The molecule has 0 saturated carbocycles. The number of nitrogens with one attached hydrogen (secondary N) is 1. The van der Waals surface area contributed by atoms with Gasteiger partial charge in [-0.05, 0) is 51.1 Å². The number of halogens is 1. The first-order valence-corrected chi connectivity index (χ1v) is 7.46. The van der Waals surface area contributed by atoms with Gasteiger partial charge in [0, 0.05) is 11.6 Å². The maximum Gasteiger partial charge on any atom is 0.258 e. The van der Waals surface area contributed by atoms with E-state index < -0.39 is 0 Å². The first kappa shape index (κ1) is 15.9. The normalized spacial score (nSPS) is 11.4. The van der Waals surface area contributed by atoms with Crippen molar-refractivity contribution in [3.05, 3.63) is 39.4 Å². The van der Waals surface area contributed by atoms with Gasteiger partial charge in [0.1, 0.15) is 5.82 Å². The summed E-state index contributed by atoms with van der Waals surface area (Å²) in [5, 5.41) is 9.79. The first-order chi connectivity index (χ1) is 10.1. The van der Waals surface area contributed by atoms with E-state index in [1.165, 1.54) is 0 Å². The van der Waals surface area contributed by atoms with Crippen molar-refractivity contribution in [1.82, 2.24) is 14.9 Å². The second-order valence-corrected chi connectivity index (χ2v) is 5.63. The van der Waals surface area contributed by atoms with Gasteiger partial charge in [-0.2, -0.15) is 0 Å². The highest BCUT2D eigenvalue weighted by atomic mass is 35.5. The summed E-state index contributed by atoms with van der Waals surface area (Å²) in [7, 11) is 1.99. The number of aliphatic hydroxyl groups is 1. The number of nitrogens with zero attached hydrogens (tertiary/aromatic N) is 2. The van der Waals surface area contributed by atoms with Crippen LogP contribution in [0.2, 0.25) is 5.02 Å². The Morgan fingerprint density at radius 2 is 2.14 bits per heavy atom. The van der Waals surface area contributed by atoms with Crippen LogP contribution < -0.4 is 5.56 Å². The van der Waals surface area contributed by atoms with E-state index in [9.17, 15) is 4.79 Å². The van der Waals surface area contributed by atoms with Crippen LogP contribution in [0.15, 0.2) is 23.0 Å². The minimum atomic E-state index is -0.161. The standard InChI is InChI=1S/C15H20ClN3O2/c1-19(7-3-2-4-8-20)10-14-17-13-6-5-11(16)9-12(13)15(21)18-14/h5-6,9,20H,2-4,7-8,10H2,1H3,(H,17,18,21). The number of hydrogen-bond donors (Lipinski definition) is 2. The van der Waals surface area contributed by atoms with Gasteiger partial charge >= 0.3 is 0 Å². The summed E-state index contributed by atoms with van der Waals surface area (Å²) in [5.74, 6) is 0.652. The zero-order chi connectivity index (χ0) is 15.2. The van der Waals surface area contributed by atoms with Crippen molar-refractivity contribution < 1.29 is 5.11 Å². The Bertz CT molecular complexity index is 657. The molecule has 0 aliphatic heterocycles. The molecule has 6 heteroatoms. The van der Waals surface area contributed by atoms with Crippen LogP contribution in [-0.2, 0) is 6.54 Å². The summed E-state index contributed by atoms with van der Waals surface area (Å²) < 4.78 is 0. The molecule has 114 valence electrons. The lowest BCUT2D eigenvalue weighted by Gasteiger charge is -2.15. The van der Waals surface area contributed by atoms with Crippen LogP contribution in [0.25, 0.3) is 10.9 Å². The van der Waals surface area contributed by atoms with E-state index in [-0.39, 0.29) is 12.2 Å². The van der Waals surface area contributed by atoms with Crippen molar-refractivity contribution in [1.29, 1.82) is 0 Å². The fraction of sp³-hybridized carbons (Fsp3) is 0.467. The topological polar surface area (TPSA) is 69.2 Å². The fourth-order valence-corrected chi connectivity index (χ4v) is 2.41. The smallest absolute Gasteiger partial charge is 0.258 e. The molecule has 0 spiro atoms. The van der Waals surface area contributed by atoms with E-state index in [0.29, 0.717) is 28.3 Å². The lowest BCUT2D eigenvalue weighted by atomic mass is 10.2.